The van der Waals surface area contributed by atoms with Gasteiger partial charge in [-0.25, -0.2) is 0 Å². The van der Waals surface area contributed by atoms with Gasteiger partial charge in [-0.05, 0) is 19.3 Å². The van der Waals surface area contributed by atoms with Gasteiger partial charge in [0.15, 0.2) is 5.79 Å². The Labute approximate surface area is 106 Å². The third kappa shape index (κ3) is 2.68. The second-order valence-corrected chi connectivity index (χ2v) is 6.36. The van der Waals surface area contributed by atoms with E-state index >= 15 is 0 Å². The smallest absolute Gasteiger partial charge is 0.173 e. The van der Waals surface area contributed by atoms with Gasteiger partial charge in [-0.3, -0.25) is 0 Å². The van der Waals surface area contributed by atoms with Gasteiger partial charge in [0.25, 0.3) is 0 Å². The van der Waals surface area contributed by atoms with Crippen LogP contribution in [0.25, 0.3) is 0 Å². The van der Waals surface area contributed by atoms with Crippen LogP contribution in [0.3, 0.4) is 0 Å². The van der Waals surface area contributed by atoms with Crippen molar-refractivity contribution in [1.82, 2.24) is 0 Å². The van der Waals surface area contributed by atoms with Gasteiger partial charge in [-0.15, -0.1) is 0 Å². The van der Waals surface area contributed by atoms with Crippen LogP contribution in [-0.4, -0.2) is 18.5 Å². The van der Waals surface area contributed by atoms with Gasteiger partial charge >= 0.3 is 0 Å². The van der Waals surface area contributed by atoms with Crippen molar-refractivity contribution >= 4 is 0 Å². The van der Waals surface area contributed by atoms with Crippen LogP contribution < -0.4 is 0 Å². The van der Waals surface area contributed by atoms with Crippen molar-refractivity contribution in [2.45, 2.75) is 84.0 Å². The molecule has 0 saturated carbocycles. The lowest BCUT2D eigenvalue weighted by Gasteiger charge is -2.36. The SMILES string of the molecule is CCCCCCC1CCC2(OCCC2(C)C)O1. The summed E-state index contributed by atoms with van der Waals surface area (Å²) in [5.74, 6) is -0.248. The summed E-state index contributed by atoms with van der Waals surface area (Å²) in [4.78, 5) is 0. The first-order valence-corrected chi connectivity index (χ1v) is 7.41. The van der Waals surface area contributed by atoms with Gasteiger partial charge in [0.2, 0.25) is 0 Å². The molecule has 2 rings (SSSR count). The molecule has 0 N–H and O–H groups in total. The zero-order valence-electron chi connectivity index (χ0n) is 11.8. The van der Waals surface area contributed by atoms with Crippen LogP contribution in [0.15, 0.2) is 0 Å². The molecule has 2 saturated heterocycles. The van der Waals surface area contributed by atoms with E-state index in [1.54, 1.807) is 0 Å². The van der Waals surface area contributed by atoms with Gasteiger partial charge in [-0.2, -0.15) is 0 Å². The molecular weight excluding hydrogens is 212 g/mol. The van der Waals surface area contributed by atoms with E-state index in [9.17, 15) is 0 Å². The highest BCUT2D eigenvalue weighted by atomic mass is 16.7. The highest BCUT2D eigenvalue weighted by Crippen LogP contribution is 2.51. The molecule has 2 aliphatic rings. The van der Waals surface area contributed by atoms with E-state index in [0.29, 0.717) is 6.10 Å². The average molecular weight is 240 g/mol. The topological polar surface area (TPSA) is 18.5 Å². The second-order valence-electron chi connectivity index (χ2n) is 6.36. The molecule has 0 amide bonds. The summed E-state index contributed by atoms with van der Waals surface area (Å²) in [6.07, 6.45) is 10.4. The van der Waals surface area contributed by atoms with Crippen LogP contribution in [0.1, 0.15) is 72.1 Å². The van der Waals surface area contributed by atoms with Crippen LogP contribution in [-0.2, 0) is 9.47 Å². The highest BCUT2D eigenvalue weighted by molar-refractivity contribution is 4.96. The summed E-state index contributed by atoms with van der Waals surface area (Å²) in [6, 6.07) is 0. The van der Waals surface area contributed by atoms with Crippen molar-refractivity contribution in [2.24, 2.45) is 5.41 Å². The fourth-order valence-electron chi connectivity index (χ4n) is 3.20. The lowest BCUT2D eigenvalue weighted by Crippen LogP contribution is -2.41. The third-order valence-electron chi connectivity index (χ3n) is 4.63. The molecule has 0 aromatic rings. The standard InChI is InChI=1S/C15H28O2/c1-4-5-6-7-8-13-9-10-15(17-13)14(2,3)11-12-16-15/h13H,4-12H2,1-3H3. The van der Waals surface area contributed by atoms with E-state index in [1.807, 2.05) is 0 Å². The first kappa shape index (κ1) is 13.4. The zero-order chi connectivity index (χ0) is 12.4. The van der Waals surface area contributed by atoms with Gasteiger partial charge in [0.1, 0.15) is 0 Å². The fourth-order valence-corrected chi connectivity index (χ4v) is 3.20. The van der Waals surface area contributed by atoms with Crippen LogP contribution in [0.5, 0.6) is 0 Å². The molecule has 1 spiro atoms. The van der Waals surface area contributed by atoms with Crippen LogP contribution in [0.4, 0.5) is 0 Å². The molecule has 2 nitrogen and oxygen atoms in total. The minimum Gasteiger partial charge on any atom is -0.349 e. The maximum atomic E-state index is 6.28. The Morgan fingerprint density at radius 2 is 1.94 bits per heavy atom. The molecule has 2 unspecified atom stereocenters. The first-order valence-electron chi connectivity index (χ1n) is 7.41. The molecule has 0 aliphatic carbocycles. The van der Waals surface area contributed by atoms with E-state index in [0.717, 1.165) is 19.4 Å². The van der Waals surface area contributed by atoms with Crippen molar-refractivity contribution < 1.29 is 9.47 Å². The van der Waals surface area contributed by atoms with Crippen LogP contribution in [0, 0.1) is 5.41 Å². The summed E-state index contributed by atoms with van der Waals surface area (Å²) in [6.45, 7) is 7.71. The van der Waals surface area contributed by atoms with E-state index in [-0.39, 0.29) is 11.2 Å². The van der Waals surface area contributed by atoms with Gasteiger partial charge in [0, 0.05) is 11.8 Å². The largest absolute Gasteiger partial charge is 0.349 e. The van der Waals surface area contributed by atoms with E-state index in [1.165, 1.54) is 38.5 Å². The van der Waals surface area contributed by atoms with Gasteiger partial charge in [-0.1, -0.05) is 46.5 Å². The maximum Gasteiger partial charge on any atom is 0.173 e. The quantitative estimate of drug-likeness (QED) is 0.668. The summed E-state index contributed by atoms with van der Waals surface area (Å²) >= 11 is 0. The van der Waals surface area contributed by atoms with Crippen LogP contribution in [0.2, 0.25) is 0 Å². The number of hydrogen-bond donors (Lipinski definition) is 0. The van der Waals surface area contributed by atoms with Crippen molar-refractivity contribution in [1.29, 1.82) is 0 Å². The van der Waals surface area contributed by atoms with E-state index < -0.39 is 0 Å². The predicted octanol–water partition coefficient (Wildman–Crippen LogP) is 4.28. The van der Waals surface area contributed by atoms with Crippen molar-refractivity contribution in [2.75, 3.05) is 6.61 Å². The lowest BCUT2D eigenvalue weighted by atomic mass is 9.81. The molecule has 2 aliphatic heterocycles. The Kier molecular flexibility index (Phi) is 4.14. The van der Waals surface area contributed by atoms with Crippen LogP contribution >= 0.6 is 0 Å². The summed E-state index contributed by atoms with van der Waals surface area (Å²) < 4.78 is 12.2. The van der Waals surface area contributed by atoms with Crippen molar-refractivity contribution in [3.05, 3.63) is 0 Å². The minimum atomic E-state index is -0.248. The summed E-state index contributed by atoms with van der Waals surface area (Å²) in [7, 11) is 0. The lowest BCUT2D eigenvalue weighted by molar-refractivity contribution is -0.241. The molecular formula is C15H28O2. The Bertz CT molecular complexity index is 249. The number of hydrogen-bond acceptors (Lipinski definition) is 2. The summed E-state index contributed by atoms with van der Waals surface area (Å²) in [5.41, 5.74) is 0.200. The minimum absolute atomic E-state index is 0.200. The van der Waals surface area contributed by atoms with Crippen molar-refractivity contribution in [3.63, 3.8) is 0 Å². The Balaban J connectivity index is 1.79. The summed E-state index contributed by atoms with van der Waals surface area (Å²) in [5, 5.41) is 0. The fraction of sp³-hybridized carbons (Fsp3) is 1.00. The molecule has 100 valence electrons. The average Bonchev–Trinajstić information content (AvgIpc) is 2.81. The number of ether oxygens (including phenoxy) is 2. The zero-order valence-corrected chi connectivity index (χ0v) is 11.8. The van der Waals surface area contributed by atoms with Gasteiger partial charge in [0.05, 0.1) is 12.7 Å². The maximum absolute atomic E-state index is 6.28. The predicted molar refractivity (Wildman–Crippen MR) is 69.9 cm³/mol. The monoisotopic (exact) mass is 240 g/mol. The molecule has 2 atom stereocenters. The molecule has 2 heteroatoms. The van der Waals surface area contributed by atoms with E-state index in [4.69, 9.17) is 9.47 Å². The second kappa shape index (κ2) is 5.27. The molecule has 17 heavy (non-hydrogen) atoms. The Hall–Kier alpha value is -0.0800. The molecule has 0 aromatic carbocycles. The third-order valence-corrected chi connectivity index (χ3v) is 4.63. The van der Waals surface area contributed by atoms with E-state index in [2.05, 4.69) is 20.8 Å². The number of rotatable bonds is 5. The molecule has 2 fully saturated rings. The Morgan fingerprint density at radius 3 is 2.59 bits per heavy atom. The van der Waals surface area contributed by atoms with Crippen molar-refractivity contribution in [3.8, 4) is 0 Å². The normalized spacial score (nSPS) is 35.8. The number of unbranched alkanes of at least 4 members (excludes halogenated alkanes) is 3. The van der Waals surface area contributed by atoms with Gasteiger partial charge < -0.3 is 9.47 Å². The molecule has 0 bridgehead atoms. The molecule has 0 aromatic heterocycles. The molecule has 0 radical (unpaired) electrons. The molecule has 2 heterocycles. The first-order chi connectivity index (χ1) is 8.10. The highest BCUT2D eigenvalue weighted by Gasteiger charge is 2.55. The Morgan fingerprint density at radius 1 is 1.12 bits per heavy atom.